The number of methoxy groups -OCH3 is 2. The van der Waals surface area contributed by atoms with Gasteiger partial charge in [0.05, 0.1) is 31.7 Å². The van der Waals surface area contributed by atoms with Gasteiger partial charge < -0.3 is 14.4 Å². The quantitative estimate of drug-likeness (QED) is 0.504. The molecule has 1 unspecified atom stereocenters. The number of aryl methyl sites for hydroxylation is 1. The molecule has 1 aliphatic heterocycles. The first-order valence-corrected chi connectivity index (χ1v) is 11.5. The first kappa shape index (κ1) is 22.1. The van der Waals surface area contributed by atoms with Gasteiger partial charge in [0.25, 0.3) is 0 Å². The Labute approximate surface area is 191 Å². The fourth-order valence-electron chi connectivity index (χ4n) is 4.08. The van der Waals surface area contributed by atoms with E-state index >= 15 is 0 Å². The van der Waals surface area contributed by atoms with E-state index in [4.69, 9.17) is 9.47 Å². The van der Waals surface area contributed by atoms with Crippen LogP contribution in [-0.4, -0.2) is 57.5 Å². The first-order chi connectivity index (χ1) is 15.5. The van der Waals surface area contributed by atoms with Gasteiger partial charge in [-0.25, -0.2) is 0 Å². The van der Waals surface area contributed by atoms with Gasteiger partial charge in [-0.15, -0.1) is 5.10 Å². The van der Waals surface area contributed by atoms with Gasteiger partial charge in [0.1, 0.15) is 11.5 Å². The van der Waals surface area contributed by atoms with E-state index in [1.807, 2.05) is 42.2 Å². The molecule has 1 fully saturated rings. The summed E-state index contributed by atoms with van der Waals surface area (Å²) in [7, 11) is 3.29. The highest BCUT2D eigenvalue weighted by atomic mass is 32.2. The Bertz CT molecular complexity index is 1120. The fraction of sp³-hybridized carbons (Fsp3) is 0.391. The van der Waals surface area contributed by atoms with E-state index in [-0.39, 0.29) is 17.7 Å². The number of carbonyl (C=O) groups is 1. The molecule has 0 bridgehead atoms. The van der Waals surface area contributed by atoms with E-state index in [9.17, 15) is 4.79 Å². The van der Waals surface area contributed by atoms with Crippen LogP contribution in [0.15, 0.2) is 41.6 Å². The summed E-state index contributed by atoms with van der Waals surface area (Å²) < 4.78 is 12.7. The molecule has 9 heteroatoms. The molecule has 8 nitrogen and oxygen atoms in total. The highest BCUT2D eigenvalue weighted by Gasteiger charge is 2.32. The van der Waals surface area contributed by atoms with E-state index in [0.29, 0.717) is 11.7 Å². The maximum Gasteiger partial charge on any atom is 0.233 e. The van der Waals surface area contributed by atoms with E-state index in [0.717, 1.165) is 46.7 Å². The third-order valence-corrected chi connectivity index (χ3v) is 6.84. The van der Waals surface area contributed by atoms with Crippen molar-refractivity contribution in [2.45, 2.75) is 37.9 Å². The number of ether oxygens (including phenoxy) is 2. The molecule has 3 aromatic rings. The Morgan fingerprint density at radius 3 is 2.81 bits per heavy atom. The number of nitrogens with zero attached hydrogens (tertiary/aromatic N) is 5. The highest BCUT2D eigenvalue weighted by Crippen LogP contribution is 2.39. The molecule has 1 aromatic heterocycles. The maximum atomic E-state index is 13.2. The van der Waals surface area contributed by atoms with Crippen molar-refractivity contribution in [1.82, 2.24) is 25.1 Å². The smallest absolute Gasteiger partial charge is 0.233 e. The Balaban J connectivity index is 1.51. The summed E-state index contributed by atoms with van der Waals surface area (Å²) in [5.41, 5.74) is 4.17. The number of hydrogen-bond donors (Lipinski definition) is 0. The lowest BCUT2D eigenvalue weighted by atomic mass is 10.0. The Morgan fingerprint density at radius 1 is 1.19 bits per heavy atom. The Hall–Kier alpha value is -3.07. The molecule has 32 heavy (non-hydrogen) atoms. The predicted octanol–water partition coefficient (Wildman–Crippen LogP) is 3.75. The number of carbonyl (C=O) groups excluding carboxylic acids is 1. The number of amides is 1. The summed E-state index contributed by atoms with van der Waals surface area (Å²) in [6.07, 6.45) is 1.84. The van der Waals surface area contributed by atoms with Crippen molar-refractivity contribution < 1.29 is 14.3 Å². The topological polar surface area (TPSA) is 82.4 Å². The minimum Gasteiger partial charge on any atom is -0.497 e. The molecule has 1 saturated heterocycles. The van der Waals surface area contributed by atoms with Gasteiger partial charge in [0, 0.05) is 12.1 Å². The second-order valence-electron chi connectivity index (χ2n) is 7.73. The molecule has 1 atom stereocenters. The number of tetrazole rings is 1. The van der Waals surface area contributed by atoms with Crippen LogP contribution in [0.25, 0.3) is 5.69 Å². The van der Waals surface area contributed by atoms with Crippen LogP contribution in [0, 0.1) is 13.8 Å². The molecule has 4 rings (SSSR count). The highest BCUT2D eigenvalue weighted by molar-refractivity contribution is 7.99. The van der Waals surface area contributed by atoms with Crippen molar-refractivity contribution >= 4 is 17.7 Å². The van der Waals surface area contributed by atoms with Gasteiger partial charge in [0.2, 0.25) is 11.1 Å². The van der Waals surface area contributed by atoms with Crippen LogP contribution in [0.4, 0.5) is 0 Å². The van der Waals surface area contributed by atoms with Crippen molar-refractivity contribution in [3.05, 3.63) is 53.1 Å². The van der Waals surface area contributed by atoms with Crippen LogP contribution in [-0.2, 0) is 4.79 Å². The van der Waals surface area contributed by atoms with E-state index < -0.39 is 0 Å². The maximum absolute atomic E-state index is 13.2. The summed E-state index contributed by atoms with van der Waals surface area (Å²) in [4.78, 5) is 15.1. The molecule has 1 aliphatic rings. The van der Waals surface area contributed by atoms with Gasteiger partial charge in [-0.3, -0.25) is 4.79 Å². The zero-order chi connectivity index (χ0) is 22.7. The average molecular weight is 454 g/mol. The van der Waals surface area contributed by atoms with E-state index in [1.54, 1.807) is 18.9 Å². The lowest BCUT2D eigenvalue weighted by Gasteiger charge is -2.26. The summed E-state index contributed by atoms with van der Waals surface area (Å²) in [6.45, 7) is 4.81. The minimum atomic E-state index is -0.0387. The predicted molar refractivity (Wildman–Crippen MR) is 123 cm³/mol. The minimum absolute atomic E-state index is 0.0387. The molecular formula is C23H27N5O3S. The number of hydrogen-bond acceptors (Lipinski definition) is 7. The molecule has 0 N–H and O–H groups in total. The second kappa shape index (κ2) is 9.60. The molecular weight excluding hydrogens is 426 g/mol. The summed E-state index contributed by atoms with van der Waals surface area (Å²) >= 11 is 1.35. The molecule has 1 amide bonds. The lowest BCUT2D eigenvalue weighted by Crippen LogP contribution is -2.32. The zero-order valence-corrected chi connectivity index (χ0v) is 19.6. The first-order valence-electron chi connectivity index (χ1n) is 10.5. The number of likely N-dealkylation sites (tertiary alicyclic amines) is 1. The molecule has 0 aliphatic carbocycles. The van der Waals surface area contributed by atoms with Crippen LogP contribution < -0.4 is 9.47 Å². The van der Waals surface area contributed by atoms with Crippen molar-refractivity contribution in [3.63, 3.8) is 0 Å². The lowest BCUT2D eigenvalue weighted by molar-refractivity contribution is -0.129. The van der Waals surface area contributed by atoms with E-state index in [1.165, 1.54) is 11.8 Å². The zero-order valence-electron chi connectivity index (χ0n) is 18.7. The van der Waals surface area contributed by atoms with Crippen molar-refractivity contribution in [1.29, 1.82) is 0 Å². The monoisotopic (exact) mass is 453 g/mol. The Morgan fingerprint density at radius 2 is 2.03 bits per heavy atom. The van der Waals surface area contributed by atoms with Gasteiger partial charge in [-0.05, 0) is 72.5 Å². The second-order valence-corrected chi connectivity index (χ2v) is 8.68. The molecule has 0 spiro atoms. The van der Waals surface area contributed by atoms with Gasteiger partial charge in [-0.2, -0.15) is 4.68 Å². The number of benzene rings is 2. The third-order valence-electron chi connectivity index (χ3n) is 5.94. The molecule has 168 valence electrons. The normalized spacial score (nSPS) is 15.8. The largest absolute Gasteiger partial charge is 0.497 e. The molecule has 0 radical (unpaired) electrons. The molecule has 2 heterocycles. The van der Waals surface area contributed by atoms with Gasteiger partial charge >= 0.3 is 0 Å². The Kier molecular flexibility index (Phi) is 6.64. The van der Waals surface area contributed by atoms with Crippen LogP contribution >= 0.6 is 11.8 Å². The summed E-state index contributed by atoms with van der Waals surface area (Å²) in [5, 5.41) is 12.7. The van der Waals surface area contributed by atoms with Crippen molar-refractivity contribution in [2.75, 3.05) is 26.5 Å². The van der Waals surface area contributed by atoms with Crippen LogP contribution in [0.5, 0.6) is 11.5 Å². The van der Waals surface area contributed by atoms with Crippen molar-refractivity contribution in [3.8, 4) is 17.2 Å². The van der Waals surface area contributed by atoms with Gasteiger partial charge in [-0.1, -0.05) is 23.9 Å². The van der Waals surface area contributed by atoms with Gasteiger partial charge in [0.15, 0.2) is 0 Å². The summed E-state index contributed by atoms with van der Waals surface area (Å²) in [6, 6.07) is 11.7. The summed E-state index contributed by atoms with van der Waals surface area (Å²) in [5.74, 6) is 1.83. The SMILES string of the molecule is COc1ccc(OC)c(C2CCCN2C(=O)CSc2nnnn2-c2cccc(C)c2C)c1. The number of rotatable bonds is 7. The standard InChI is InChI=1S/C23H27N5O3S/c1-15-7-5-8-19(16(15)2)28-23(24-25-26-28)32-14-22(29)27-12-6-9-20(27)18-13-17(30-3)10-11-21(18)31-4/h5,7-8,10-11,13,20H,6,9,12,14H2,1-4H3. The average Bonchev–Trinajstić information content (AvgIpc) is 3.48. The third kappa shape index (κ3) is 4.29. The van der Waals surface area contributed by atoms with Crippen molar-refractivity contribution in [2.24, 2.45) is 0 Å². The van der Waals surface area contributed by atoms with E-state index in [2.05, 4.69) is 28.5 Å². The molecule has 0 saturated carbocycles. The number of aromatic nitrogens is 4. The fourth-order valence-corrected chi connectivity index (χ4v) is 4.85. The van der Waals surface area contributed by atoms with Crippen LogP contribution in [0.2, 0.25) is 0 Å². The number of thioether (sulfide) groups is 1. The molecule has 2 aromatic carbocycles. The van der Waals surface area contributed by atoms with Crippen LogP contribution in [0.1, 0.15) is 35.6 Å². The van der Waals surface area contributed by atoms with Crippen LogP contribution in [0.3, 0.4) is 0 Å².